The molecule has 0 saturated carbocycles. The first-order chi connectivity index (χ1) is 10.7. The monoisotopic (exact) mass is 311 g/mol. The van der Waals surface area contributed by atoms with Crippen molar-refractivity contribution in [3.8, 4) is 0 Å². The van der Waals surface area contributed by atoms with Crippen LogP contribution in [0.4, 0.5) is 5.82 Å². The van der Waals surface area contributed by atoms with Crippen molar-refractivity contribution in [1.82, 2.24) is 19.5 Å². The minimum Gasteiger partial charge on any atom is -0.395 e. The van der Waals surface area contributed by atoms with Crippen molar-refractivity contribution in [2.45, 2.75) is 24.5 Å². The lowest BCUT2D eigenvalue weighted by atomic mass is 10.1. The summed E-state index contributed by atoms with van der Waals surface area (Å²) in [4.78, 5) is 12.3. The Labute approximate surface area is 125 Å². The lowest BCUT2D eigenvalue weighted by molar-refractivity contribution is -0.0511. The summed E-state index contributed by atoms with van der Waals surface area (Å²) in [6.45, 7) is -0.145. The Kier molecular flexibility index (Phi) is 4.18. The summed E-state index contributed by atoms with van der Waals surface area (Å²) in [5.74, 6) is 0.449. The van der Waals surface area contributed by atoms with Gasteiger partial charge in [0.25, 0.3) is 0 Å². The van der Waals surface area contributed by atoms with E-state index < -0.39 is 31.1 Å². The molecule has 0 spiro atoms. The Morgan fingerprint density at radius 1 is 1.18 bits per heavy atom. The molecule has 0 radical (unpaired) electrons. The van der Waals surface area contributed by atoms with Crippen LogP contribution in [0.25, 0.3) is 11.2 Å². The number of aromatic nitrogens is 4. The molecule has 2 aromatic heterocycles. The standard InChI is InChI=1S/C12H17N5O5/c18-2-1-13-10-7-11(15-4-14-10)17(5-16-7)12-9(21)8(20)6(3-19)22-12/h4-6,8-9,12,18-21H,1-3H2,(H,13,14,15)/t6-,8+,9-,12+/m0/s1. The third-order valence-electron chi connectivity index (χ3n) is 3.55. The zero-order chi connectivity index (χ0) is 15.7. The molecule has 3 heterocycles. The normalized spacial score (nSPS) is 28.4. The van der Waals surface area contributed by atoms with E-state index in [1.54, 1.807) is 0 Å². The van der Waals surface area contributed by atoms with Crippen LogP contribution in [0.1, 0.15) is 6.23 Å². The van der Waals surface area contributed by atoms with E-state index in [0.29, 0.717) is 23.5 Å². The Bertz CT molecular complexity index is 650. The van der Waals surface area contributed by atoms with Crippen molar-refractivity contribution in [2.75, 3.05) is 25.1 Å². The third kappa shape index (κ3) is 2.40. The highest BCUT2D eigenvalue weighted by Gasteiger charge is 2.43. The molecule has 0 amide bonds. The quantitative estimate of drug-likeness (QED) is 0.417. The van der Waals surface area contributed by atoms with Gasteiger partial charge in [0, 0.05) is 6.54 Å². The van der Waals surface area contributed by atoms with Crippen LogP contribution in [-0.2, 0) is 4.74 Å². The molecule has 3 rings (SSSR count). The first-order valence-electron chi connectivity index (χ1n) is 6.82. The number of hydrogen-bond donors (Lipinski definition) is 5. The second-order valence-corrected chi connectivity index (χ2v) is 4.93. The van der Waals surface area contributed by atoms with Gasteiger partial charge in [0.15, 0.2) is 23.2 Å². The number of aliphatic hydroxyl groups is 4. The number of nitrogens with zero attached hydrogens (tertiary/aromatic N) is 4. The van der Waals surface area contributed by atoms with E-state index in [9.17, 15) is 10.2 Å². The molecule has 0 bridgehead atoms. The Balaban J connectivity index is 1.95. The van der Waals surface area contributed by atoms with Crippen molar-refractivity contribution in [2.24, 2.45) is 0 Å². The molecule has 4 atom stereocenters. The molecule has 0 aromatic carbocycles. The number of ether oxygens (including phenoxy) is 1. The van der Waals surface area contributed by atoms with Gasteiger partial charge in [-0.05, 0) is 0 Å². The molecule has 120 valence electrons. The van der Waals surface area contributed by atoms with E-state index in [0.717, 1.165) is 0 Å². The number of anilines is 1. The number of hydrogen-bond acceptors (Lipinski definition) is 9. The molecule has 1 aliphatic heterocycles. The van der Waals surface area contributed by atoms with Crippen LogP contribution >= 0.6 is 0 Å². The summed E-state index contributed by atoms with van der Waals surface area (Å²) >= 11 is 0. The first-order valence-corrected chi connectivity index (χ1v) is 6.82. The van der Waals surface area contributed by atoms with Gasteiger partial charge in [-0.1, -0.05) is 0 Å². The maximum absolute atomic E-state index is 10.1. The third-order valence-corrected chi connectivity index (χ3v) is 3.55. The maximum atomic E-state index is 10.1. The van der Waals surface area contributed by atoms with Gasteiger partial charge in [0.05, 0.1) is 19.5 Å². The molecule has 1 aliphatic rings. The van der Waals surface area contributed by atoms with Crippen LogP contribution in [0.3, 0.4) is 0 Å². The van der Waals surface area contributed by atoms with Crippen LogP contribution < -0.4 is 5.32 Å². The highest BCUT2D eigenvalue weighted by molar-refractivity contribution is 5.82. The smallest absolute Gasteiger partial charge is 0.167 e. The van der Waals surface area contributed by atoms with Gasteiger partial charge in [-0.25, -0.2) is 15.0 Å². The van der Waals surface area contributed by atoms with E-state index in [4.69, 9.17) is 14.9 Å². The molecule has 10 heteroatoms. The summed E-state index contributed by atoms with van der Waals surface area (Å²) in [5, 5.41) is 40.8. The molecule has 0 unspecified atom stereocenters. The molecule has 1 fully saturated rings. The topological polar surface area (TPSA) is 146 Å². The number of imidazole rings is 1. The van der Waals surface area contributed by atoms with E-state index in [1.807, 2.05) is 0 Å². The van der Waals surface area contributed by atoms with E-state index in [2.05, 4.69) is 20.3 Å². The minimum atomic E-state index is -1.21. The van der Waals surface area contributed by atoms with Crippen LogP contribution in [0.2, 0.25) is 0 Å². The van der Waals surface area contributed by atoms with Gasteiger partial charge < -0.3 is 30.5 Å². The summed E-state index contributed by atoms with van der Waals surface area (Å²) in [7, 11) is 0. The van der Waals surface area contributed by atoms with Gasteiger partial charge in [-0.2, -0.15) is 0 Å². The molecular formula is C12H17N5O5. The molecule has 22 heavy (non-hydrogen) atoms. The van der Waals surface area contributed by atoms with Crippen LogP contribution in [0.5, 0.6) is 0 Å². The van der Waals surface area contributed by atoms with Crippen molar-refractivity contribution in [1.29, 1.82) is 0 Å². The summed E-state index contributed by atoms with van der Waals surface area (Å²) in [5.41, 5.74) is 0.860. The van der Waals surface area contributed by atoms with E-state index in [1.165, 1.54) is 17.2 Å². The SMILES string of the molecule is OCCNc1ncnc2c1ncn2[C@@H]1O[C@@H](CO)[C@@H](O)[C@@H]1O. The number of rotatable bonds is 5. The number of fused-ring (bicyclic) bond motifs is 1. The van der Waals surface area contributed by atoms with E-state index in [-0.39, 0.29) is 6.61 Å². The number of nitrogens with one attached hydrogen (secondary N) is 1. The Morgan fingerprint density at radius 2 is 2.00 bits per heavy atom. The second kappa shape index (κ2) is 6.10. The lowest BCUT2D eigenvalue weighted by Gasteiger charge is -2.16. The van der Waals surface area contributed by atoms with Gasteiger partial charge in [-0.15, -0.1) is 0 Å². The predicted molar refractivity (Wildman–Crippen MR) is 73.9 cm³/mol. The lowest BCUT2D eigenvalue weighted by Crippen LogP contribution is -2.33. The van der Waals surface area contributed by atoms with Crippen LogP contribution in [-0.4, -0.2) is 78.0 Å². The zero-order valence-electron chi connectivity index (χ0n) is 11.6. The van der Waals surface area contributed by atoms with E-state index >= 15 is 0 Å². The minimum absolute atomic E-state index is 0.0545. The maximum Gasteiger partial charge on any atom is 0.167 e. The highest BCUT2D eigenvalue weighted by atomic mass is 16.6. The molecule has 1 saturated heterocycles. The van der Waals surface area contributed by atoms with Gasteiger partial charge in [-0.3, -0.25) is 4.57 Å². The number of aliphatic hydroxyl groups excluding tert-OH is 4. The Hall–Kier alpha value is -1.85. The first kappa shape index (κ1) is 15.1. The van der Waals surface area contributed by atoms with Crippen molar-refractivity contribution in [3.05, 3.63) is 12.7 Å². The molecule has 5 N–H and O–H groups in total. The molecule has 10 nitrogen and oxygen atoms in total. The largest absolute Gasteiger partial charge is 0.395 e. The fourth-order valence-corrected chi connectivity index (χ4v) is 2.45. The zero-order valence-corrected chi connectivity index (χ0v) is 11.6. The summed E-state index contributed by atoms with van der Waals surface area (Å²) in [6.07, 6.45) is -1.44. The fourth-order valence-electron chi connectivity index (χ4n) is 2.45. The summed E-state index contributed by atoms with van der Waals surface area (Å²) < 4.78 is 6.94. The van der Waals surface area contributed by atoms with Gasteiger partial charge in [0.1, 0.15) is 24.6 Å². The van der Waals surface area contributed by atoms with Crippen LogP contribution in [0.15, 0.2) is 12.7 Å². The second-order valence-electron chi connectivity index (χ2n) is 4.93. The average molecular weight is 311 g/mol. The average Bonchev–Trinajstić information content (AvgIpc) is 3.08. The Morgan fingerprint density at radius 3 is 2.68 bits per heavy atom. The molecule has 0 aliphatic carbocycles. The molecular weight excluding hydrogens is 294 g/mol. The van der Waals surface area contributed by atoms with Crippen LogP contribution in [0, 0.1) is 0 Å². The van der Waals surface area contributed by atoms with Crippen molar-refractivity contribution < 1.29 is 25.2 Å². The molecule has 2 aromatic rings. The van der Waals surface area contributed by atoms with Crippen molar-refractivity contribution >= 4 is 17.0 Å². The van der Waals surface area contributed by atoms with Gasteiger partial charge in [0.2, 0.25) is 0 Å². The predicted octanol–water partition coefficient (Wildman–Crippen LogP) is -2.16. The van der Waals surface area contributed by atoms with Crippen molar-refractivity contribution in [3.63, 3.8) is 0 Å². The highest BCUT2D eigenvalue weighted by Crippen LogP contribution is 2.31. The van der Waals surface area contributed by atoms with Gasteiger partial charge >= 0.3 is 0 Å². The fraction of sp³-hybridized carbons (Fsp3) is 0.583. The summed E-state index contributed by atoms with van der Waals surface area (Å²) in [6, 6.07) is 0.